The molecule has 1 aromatic heterocycles. The van der Waals surface area contributed by atoms with E-state index in [1.807, 2.05) is 6.20 Å². The summed E-state index contributed by atoms with van der Waals surface area (Å²) in [5, 5.41) is 5.91. The Balaban J connectivity index is 1.25. The molecule has 1 aromatic rings. The van der Waals surface area contributed by atoms with Gasteiger partial charge in [0.05, 0.1) is 0 Å². The zero-order chi connectivity index (χ0) is 21.0. The van der Waals surface area contributed by atoms with Crippen LogP contribution in [0.25, 0.3) is 0 Å². The molecule has 7 nitrogen and oxygen atoms in total. The maximum absolute atomic E-state index is 12.0. The number of nitrogens with one attached hydrogen (secondary N) is 2. The number of anilines is 1. The van der Waals surface area contributed by atoms with Crippen LogP contribution in [0.3, 0.4) is 0 Å². The van der Waals surface area contributed by atoms with Crippen molar-refractivity contribution in [3.05, 3.63) is 23.9 Å². The number of unbranched alkanes of at least 4 members (excludes halogenated alkanes) is 1. The second-order valence-electron chi connectivity index (χ2n) is 8.52. The summed E-state index contributed by atoms with van der Waals surface area (Å²) in [5.74, 6) is 1.06. The van der Waals surface area contributed by atoms with Crippen molar-refractivity contribution in [2.75, 3.05) is 63.8 Å². The Morgan fingerprint density at radius 3 is 2.33 bits per heavy atom. The topological polar surface area (TPSA) is 63.7 Å². The molecule has 2 aliphatic rings. The van der Waals surface area contributed by atoms with Gasteiger partial charge < -0.3 is 25.3 Å². The zero-order valence-electron chi connectivity index (χ0n) is 18.7. The summed E-state index contributed by atoms with van der Waals surface area (Å²) in [6.07, 6.45) is 9.19. The number of amides is 2. The largest absolute Gasteiger partial charge is 0.357 e. The molecule has 0 bridgehead atoms. The first-order valence-corrected chi connectivity index (χ1v) is 11.9. The number of hydrogen-bond donors (Lipinski definition) is 2. The molecule has 0 saturated carbocycles. The van der Waals surface area contributed by atoms with Crippen LogP contribution in [0.5, 0.6) is 0 Å². The van der Waals surface area contributed by atoms with E-state index in [-0.39, 0.29) is 6.03 Å². The molecule has 0 aliphatic carbocycles. The van der Waals surface area contributed by atoms with E-state index >= 15 is 0 Å². The standard InChI is InChI=1S/C23H40N6O/c1-2-27-15-17-28(18-16-27)12-8-5-11-24-23(30)26-20-21-9-10-22(25-19-21)29-13-6-3-4-7-14-29/h9-10,19H,2-8,11-18,20H2,1H3,(H2,24,26,30). The van der Waals surface area contributed by atoms with Gasteiger partial charge >= 0.3 is 6.03 Å². The normalized spacial score (nSPS) is 18.8. The third-order valence-electron chi connectivity index (χ3n) is 6.29. The average molecular weight is 417 g/mol. The smallest absolute Gasteiger partial charge is 0.315 e. The Kier molecular flexibility index (Phi) is 9.70. The van der Waals surface area contributed by atoms with Gasteiger partial charge in [-0.1, -0.05) is 25.8 Å². The molecule has 0 atom stereocenters. The van der Waals surface area contributed by atoms with E-state index in [0.29, 0.717) is 6.54 Å². The van der Waals surface area contributed by atoms with E-state index in [0.717, 1.165) is 56.9 Å². The highest BCUT2D eigenvalue weighted by Gasteiger charge is 2.14. The minimum atomic E-state index is -0.0943. The van der Waals surface area contributed by atoms with Gasteiger partial charge in [0, 0.05) is 58.6 Å². The Morgan fingerprint density at radius 1 is 0.933 bits per heavy atom. The Labute approximate surface area is 182 Å². The molecule has 7 heteroatoms. The van der Waals surface area contributed by atoms with Crippen molar-refractivity contribution in [1.82, 2.24) is 25.4 Å². The summed E-state index contributed by atoms with van der Waals surface area (Å²) in [4.78, 5) is 24.1. The predicted molar refractivity (Wildman–Crippen MR) is 123 cm³/mol. The number of aromatic nitrogens is 1. The predicted octanol–water partition coefficient (Wildman–Crippen LogP) is 2.68. The molecule has 2 aliphatic heterocycles. The maximum atomic E-state index is 12.0. The highest BCUT2D eigenvalue weighted by Crippen LogP contribution is 2.17. The van der Waals surface area contributed by atoms with E-state index in [1.165, 1.54) is 51.9 Å². The number of carbonyl (C=O) groups excluding carboxylic acids is 1. The zero-order valence-corrected chi connectivity index (χ0v) is 18.7. The fourth-order valence-corrected chi connectivity index (χ4v) is 4.24. The van der Waals surface area contributed by atoms with Gasteiger partial charge in [0.1, 0.15) is 5.82 Å². The minimum Gasteiger partial charge on any atom is -0.357 e. The Morgan fingerprint density at radius 2 is 1.67 bits per heavy atom. The molecule has 2 N–H and O–H groups in total. The van der Waals surface area contributed by atoms with Crippen molar-refractivity contribution in [2.45, 2.75) is 52.0 Å². The summed E-state index contributed by atoms with van der Waals surface area (Å²) in [6, 6.07) is 4.06. The van der Waals surface area contributed by atoms with E-state index in [4.69, 9.17) is 0 Å². The maximum Gasteiger partial charge on any atom is 0.315 e. The van der Waals surface area contributed by atoms with Crippen molar-refractivity contribution in [3.63, 3.8) is 0 Å². The van der Waals surface area contributed by atoms with Gasteiger partial charge in [-0.25, -0.2) is 9.78 Å². The first-order valence-electron chi connectivity index (χ1n) is 11.9. The van der Waals surface area contributed by atoms with Gasteiger partial charge in [0.15, 0.2) is 0 Å². The van der Waals surface area contributed by atoms with Gasteiger partial charge in [-0.2, -0.15) is 0 Å². The Bertz CT molecular complexity index is 607. The molecular weight excluding hydrogens is 376 g/mol. The van der Waals surface area contributed by atoms with E-state index < -0.39 is 0 Å². The van der Waals surface area contributed by atoms with Crippen LogP contribution in [0.4, 0.5) is 10.6 Å². The first-order chi connectivity index (χ1) is 14.7. The molecule has 2 saturated heterocycles. The summed E-state index contributed by atoms with van der Waals surface area (Å²) < 4.78 is 0. The van der Waals surface area contributed by atoms with Crippen LogP contribution in [0.15, 0.2) is 18.3 Å². The molecule has 0 unspecified atom stereocenters. The monoisotopic (exact) mass is 416 g/mol. The van der Waals surface area contributed by atoms with E-state index in [1.54, 1.807) is 0 Å². The minimum absolute atomic E-state index is 0.0943. The number of rotatable bonds is 9. The molecule has 3 rings (SSSR count). The third-order valence-corrected chi connectivity index (χ3v) is 6.29. The van der Waals surface area contributed by atoms with Crippen LogP contribution < -0.4 is 15.5 Å². The van der Waals surface area contributed by atoms with E-state index in [9.17, 15) is 4.79 Å². The van der Waals surface area contributed by atoms with Crippen LogP contribution in [0.1, 0.15) is 51.0 Å². The summed E-state index contributed by atoms with van der Waals surface area (Å²) >= 11 is 0. The van der Waals surface area contributed by atoms with Gasteiger partial charge in [0.2, 0.25) is 0 Å². The second-order valence-corrected chi connectivity index (χ2v) is 8.52. The Hall–Kier alpha value is -1.86. The highest BCUT2D eigenvalue weighted by molar-refractivity contribution is 5.73. The van der Waals surface area contributed by atoms with Crippen LogP contribution in [0, 0.1) is 0 Å². The third kappa shape index (κ3) is 7.76. The van der Waals surface area contributed by atoms with Crippen LogP contribution >= 0.6 is 0 Å². The molecule has 30 heavy (non-hydrogen) atoms. The van der Waals surface area contributed by atoms with Crippen LogP contribution in [-0.4, -0.2) is 79.7 Å². The van der Waals surface area contributed by atoms with Gasteiger partial charge in [0.25, 0.3) is 0 Å². The van der Waals surface area contributed by atoms with Gasteiger partial charge in [-0.3, -0.25) is 0 Å². The lowest BCUT2D eigenvalue weighted by Crippen LogP contribution is -2.46. The van der Waals surface area contributed by atoms with Crippen molar-refractivity contribution in [1.29, 1.82) is 0 Å². The van der Waals surface area contributed by atoms with Gasteiger partial charge in [-0.05, 0) is 50.4 Å². The van der Waals surface area contributed by atoms with Crippen molar-refractivity contribution in [3.8, 4) is 0 Å². The molecule has 3 heterocycles. The number of likely N-dealkylation sites (N-methyl/N-ethyl adjacent to an activating group) is 1. The number of nitrogens with zero attached hydrogens (tertiary/aromatic N) is 4. The highest BCUT2D eigenvalue weighted by atomic mass is 16.2. The van der Waals surface area contributed by atoms with Crippen LogP contribution in [0.2, 0.25) is 0 Å². The number of carbonyl (C=O) groups is 1. The number of urea groups is 1. The van der Waals surface area contributed by atoms with Crippen LogP contribution in [-0.2, 0) is 6.54 Å². The summed E-state index contributed by atoms with van der Waals surface area (Å²) in [7, 11) is 0. The quantitative estimate of drug-likeness (QED) is 0.606. The van der Waals surface area contributed by atoms with Crippen molar-refractivity contribution < 1.29 is 4.79 Å². The van der Waals surface area contributed by atoms with Gasteiger partial charge in [-0.15, -0.1) is 0 Å². The van der Waals surface area contributed by atoms with Crippen molar-refractivity contribution in [2.24, 2.45) is 0 Å². The average Bonchev–Trinajstić information content (AvgIpc) is 3.08. The molecular formula is C23H40N6O. The molecule has 2 amide bonds. The van der Waals surface area contributed by atoms with E-state index in [2.05, 4.69) is 49.4 Å². The molecule has 168 valence electrons. The second kappa shape index (κ2) is 12.7. The summed E-state index contributed by atoms with van der Waals surface area (Å²) in [6.45, 7) is 12.7. The van der Waals surface area contributed by atoms with Crippen molar-refractivity contribution >= 4 is 11.8 Å². The molecule has 0 spiro atoms. The molecule has 2 fully saturated rings. The summed E-state index contributed by atoms with van der Waals surface area (Å²) in [5.41, 5.74) is 1.04. The lowest BCUT2D eigenvalue weighted by molar-refractivity contribution is 0.135. The number of hydrogen-bond acceptors (Lipinski definition) is 5. The lowest BCUT2D eigenvalue weighted by atomic mass is 10.2. The number of piperazine rings is 1. The SMILES string of the molecule is CCN1CCN(CCCCNC(=O)NCc2ccc(N3CCCCCC3)nc2)CC1. The number of pyridine rings is 1. The fourth-order valence-electron chi connectivity index (χ4n) is 4.24. The fraction of sp³-hybridized carbons (Fsp3) is 0.739. The lowest BCUT2D eigenvalue weighted by Gasteiger charge is -2.33. The molecule has 0 aromatic carbocycles. The first kappa shape index (κ1) is 22.8. The molecule has 0 radical (unpaired) electrons.